The van der Waals surface area contributed by atoms with Crippen LogP contribution < -0.4 is 9.47 Å². The fraction of sp³-hybridized carbons (Fsp3) is 0.379. The van der Waals surface area contributed by atoms with Crippen LogP contribution in [0.3, 0.4) is 0 Å². The van der Waals surface area contributed by atoms with E-state index in [1.54, 1.807) is 68.5 Å². The van der Waals surface area contributed by atoms with Gasteiger partial charge in [-0.15, -0.1) is 6.58 Å². The van der Waals surface area contributed by atoms with E-state index in [2.05, 4.69) is 18.4 Å². The molecule has 0 bridgehead atoms. The molecule has 6 aromatic rings. The van der Waals surface area contributed by atoms with Crippen LogP contribution in [0.1, 0.15) is 78.8 Å². The number of amides is 2. The highest BCUT2D eigenvalue weighted by Gasteiger charge is 2.42. The van der Waals surface area contributed by atoms with Crippen LogP contribution in [0.5, 0.6) is 11.5 Å². The number of nitrogens with zero attached hydrogens (tertiary/aromatic N) is 5. The molecule has 1 unspecified atom stereocenters. The number of nitro groups is 1. The minimum Gasteiger partial charge on any atom is -0.497 e. The maximum absolute atomic E-state index is 14.2. The topological polar surface area (TPSA) is 197 Å². The quantitative estimate of drug-likeness (QED) is 0.0148. The van der Waals surface area contributed by atoms with E-state index in [4.69, 9.17) is 28.4 Å². The number of sulfonamides is 1. The summed E-state index contributed by atoms with van der Waals surface area (Å²) in [5.74, 6) is 0.583. The Kier molecular flexibility index (Phi) is 21.7. The molecule has 0 spiro atoms. The largest absolute Gasteiger partial charge is 0.497 e. The van der Waals surface area contributed by atoms with Crippen LogP contribution >= 0.6 is 0 Å². The van der Waals surface area contributed by atoms with E-state index in [0.29, 0.717) is 81.0 Å². The molecule has 0 aromatic heterocycles. The summed E-state index contributed by atoms with van der Waals surface area (Å²) in [4.78, 5) is 57.0. The van der Waals surface area contributed by atoms with Crippen LogP contribution in [0.4, 0.5) is 10.5 Å². The van der Waals surface area contributed by atoms with Gasteiger partial charge < -0.3 is 43.1 Å². The summed E-state index contributed by atoms with van der Waals surface area (Å²) in [6.07, 6.45) is 3.26. The van der Waals surface area contributed by atoms with E-state index >= 15 is 0 Å². The van der Waals surface area contributed by atoms with Crippen LogP contribution in [0.25, 0.3) is 0 Å². The maximum atomic E-state index is 14.2. The Balaban J connectivity index is 0.841. The van der Waals surface area contributed by atoms with Gasteiger partial charge in [0.1, 0.15) is 30.3 Å². The van der Waals surface area contributed by atoms with Crippen LogP contribution in [0, 0.1) is 10.1 Å². The van der Waals surface area contributed by atoms with Crippen molar-refractivity contribution in [3.63, 3.8) is 0 Å². The van der Waals surface area contributed by atoms with Crippen molar-refractivity contribution in [1.29, 1.82) is 0 Å². The minimum absolute atomic E-state index is 0.0185. The summed E-state index contributed by atoms with van der Waals surface area (Å²) in [5, 5.41) is 11.1. The predicted molar refractivity (Wildman–Crippen MR) is 323 cm³/mol. The third-order valence-corrected chi connectivity index (χ3v) is 18.2. The minimum atomic E-state index is -3.97. The molecule has 2 saturated heterocycles. The van der Waals surface area contributed by atoms with Crippen LogP contribution in [0.15, 0.2) is 175 Å². The summed E-state index contributed by atoms with van der Waals surface area (Å²) in [6.45, 7) is 8.90. The normalized spacial score (nSPS) is 16.5. The van der Waals surface area contributed by atoms with Gasteiger partial charge in [-0.3, -0.25) is 19.7 Å². The highest BCUT2D eigenvalue weighted by Crippen LogP contribution is 2.43. The number of carbonyl (C=O) groups excluding carboxylic acids is 3. The van der Waals surface area contributed by atoms with Crippen molar-refractivity contribution in [3.05, 3.63) is 214 Å². The van der Waals surface area contributed by atoms with E-state index in [0.717, 1.165) is 22.3 Å². The van der Waals surface area contributed by atoms with E-state index in [-0.39, 0.29) is 73.9 Å². The molecule has 0 N–H and O–H groups in total. The van der Waals surface area contributed by atoms with Crippen LogP contribution in [-0.2, 0) is 62.8 Å². The number of methoxy groups -OCH3 is 3. The number of nitro benzene ring substituents is 1. The molecule has 85 heavy (non-hydrogen) atoms. The molecule has 0 radical (unpaired) electrons. The molecule has 2 aliphatic heterocycles. The molecular formula is C66H77N5O13S. The molecule has 19 heteroatoms. The number of esters is 1. The summed E-state index contributed by atoms with van der Waals surface area (Å²) in [7, 11) is 2.48. The van der Waals surface area contributed by atoms with Crippen LogP contribution in [0.2, 0.25) is 0 Å². The standard InChI is InChI=1S/C66H77N5O13S/c1-7-39-69(64(74)83-46-49-18-26-56(27-19-49)71(75)76)55-36-40-68(41-37-55)42-38-65(2,51-14-10-8-11-15-51)48-67(3)85(77,78)61-32-20-50(21-33-61)45-82-63(73)35-34-62(72)70-44-60(81-6)43-57(70)47-84-66(52-16-12-9-13-17-52,53-22-28-58(79-4)29-23-53)54-24-30-59(80-5)31-25-54/h7-33,55,57,60H,1,34-48H2,2-6H3/t57-,60+,65?/m0/s1. The maximum Gasteiger partial charge on any atom is 0.410 e. The van der Waals surface area contributed by atoms with Gasteiger partial charge in [0.05, 0.1) is 49.2 Å². The number of non-ortho nitro benzene ring substituents is 1. The number of benzene rings is 6. The average Bonchev–Trinajstić information content (AvgIpc) is 2.96. The molecule has 18 nitrogen and oxygen atoms in total. The summed E-state index contributed by atoms with van der Waals surface area (Å²) >= 11 is 0. The first-order valence-electron chi connectivity index (χ1n) is 28.6. The SMILES string of the molecule is C=CCN(C(=O)OCc1ccc([N+](=O)[O-])cc1)C1CCN(CCC(C)(CN(C)S(=O)(=O)c2ccc(COC(=O)CCC(=O)N3C[C@H](OC)C[C@H]3COC(c3ccccc3)(c3ccc(OC)cc3)c3ccc(OC)cc3)cc2)c2ccccc2)CC1. The zero-order valence-corrected chi connectivity index (χ0v) is 49.9. The van der Waals surface area contributed by atoms with Gasteiger partial charge in [0, 0.05) is 76.9 Å². The summed E-state index contributed by atoms with van der Waals surface area (Å²) in [6, 6.07) is 47.0. The molecule has 8 rings (SSSR count). The average molecular weight is 1180 g/mol. The van der Waals surface area contributed by atoms with E-state index in [1.807, 2.05) is 109 Å². The lowest BCUT2D eigenvalue weighted by Crippen LogP contribution is -2.48. The number of ether oxygens (including phenoxy) is 6. The first-order valence-corrected chi connectivity index (χ1v) is 30.0. The van der Waals surface area contributed by atoms with Crippen molar-refractivity contribution < 1.29 is 56.1 Å². The first-order chi connectivity index (χ1) is 41.0. The van der Waals surface area contributed by atoms with Crippen molar-refractivity contribution in [2.24, 2.45) is 0 Å². The molecule has 2 amide bonds. The second-order valence-electron chi connectivity index (χ2n) is 21.8. The highest BCUT2D eigenvalue weighted by atomic mass is 32.2. The lowest BCUT2D eigenvalue weighted by molar-refractivity contribution is -0.384. The number of hydrogen-bond donors (Lipinski definition) is 0. The van der Waals surface area contributed by atoms with Crippen molar-refractivity contribution in [3.8, 4) is 11.5 Å². The number of likely N-dealkylation sites (N-methyl/N-ethyl adjacent to an activating group) is 1. The molecular weight excluding hydrogens is 1100 g/mol. The first kappa shape index (κ1) is 63.1. The molecule has 450 valence electrons. The number of likely N-dealkylation sites (tertiary alicyclic amines) is 2. The van der Waals surface area contributed by atoms with Crippen LogP contribution in [-0.4, -0.2) is 143 Å². The Bertz CT molecular complexity index is 3230. The Morgan fingerprint density at radius 1 is 0.729 bits per heavy atom. The molecule has 2 aliphatic rings. The van der Waals surface area contributed by atoms with Crippen molar-refractivity contribution in [1.82, 2.24) is 19.0 Å². The van der Waals surface area contributed by atoms with Gasteiger partial charge in [-0.25, -0.2) is 17.5 Å². The Morgan fingerprint density at radius 3 is 1.81 bits per heavy atom. The third kappa shape index (κ3) is 15.7. The van der Waals surface area contributed by atoms with Gasteiger partial charge in [0.2, 0.25) is 15.9 Å². The van der Waals surface area contributed by atoms with Gasteiger partial charge in [0.15, 0.2) is 0 Å². The molecule has 3 atom stereocenters. The fourth-order valence-corrected chi connectivity index (χ4v) is 12.7. The lowest BCUT2D eigenvalue weighted by Gasteiger charge is -2.40. The molecule has 2 heterocycles. The number of hydrogen-bond acceptors (Lipinski definition) is 14. The van der Waals surface area contributed by atoms with Gasteiger partial charge in [-0.1, -0.05) is 110 Å². The lowest BCUT2D eigenvalue weighted by atomic mass is 9.79. The zero-order chi connectivity index (χ0) is 60.6. The highest BCUT2D eigenvalue weighted by molar-refractivity contribution is 7.89. The van der Waals surface area contributed by atoms with E-state index in [9.17, 15) is 32.9 Å². The zero-order valence-electron chi connectivity index (χ0n) is 49.1. The second kappa shape index (κ2) is 29.2. The number of rotatable bonds is 28. The second-order valence-corrected chi connectivity index (χ2v) is 23.9. The Hall–Kier alpha value is -7.94. The Labute approximate surface area is 499 Å². The third-order valence-electron chi connectivity index (χ3n) is 16.4. The fourth-order valence-electron chi connectivity index (χ4n) is 11.4. The van der Waals surface area contributed by atoms with Crippen molar-refractivity contribution in [2.45, 2.75) is 92.8 Å². The molecule has 6 aromatic carbocycles. The smallest absolute Gasteiger partial charge is 0.410 e. The van der Waals surface area contributed by atoms with Crippen molar-refractivity contribution in [2.75, 3.05) is 74.3 Å². The summed E-state index contributed by atoms with van der Waals surface area (Å²) < 4.78 is 65.1. The number of piperidine rings is 1. The predicted octanol–water partition coefficient (Wildman–Crippen LogP) is 10.3. The van der Waals surface area contributed by atoms with Gasteiger partial charge in [-0.05, 0) is 114 Å². The van der Waals surface area contributed by atoms with Gasteiger partial charge in [-0.2, -0.15) is 0 Å². The van der Waals surface area contributed by atoms with Gasteiger partial charge >= 0.3 is 12.1 Å². The van der Waals surface area contributed by atoms with Gasteiger partial charge in [0.25, 0.3) is 5.69 Å². The molecule has 0 aliphatic carbocycles. The van der Waals surface area contributed by atoms with E-state index < -0.39 is 38.0 Å². The summed E-state index contributed by atoms with van der Waals surface area (Å²) in [5.41, 5.74) is 3.10. The molecule has 2 fully saturated rings. The van der Waals surface area contributed by atoms with Crippen molar-refractivity contribution >= 4 is 33.7 Å². The monoisotopic (exact) mass is 1180 g/mol. The number of carbonyl (C=O) groups is 3. The van der Waals surface area contributed by atoms with E-state index in [1.165, 1.54) is 28.6 Å². The molecule has 0 saturated carbocycles. The Morgan fingerprint density at radius 2 is 1.27 bits per heavy atom.